The molecule has 17 heavy (non-hydrogen) atoms. The van der Waals surface area contributed by atoms with Gasteiger partial charge in [-0.1, -0.05) is 46.5 Å². The summed E-state index contributed by atoms with van der Waals surface area (Å²) < 4.78 is 0. The molecule has 0 aromatic heterocycles. The predicted octanol–water partition coefficient (Wildman–Crippen LogP) is 3.24. The van der Waals surface area contributed by atoms with Gasteiger partial charge in [-0.2, -0.15) is 9.78 Å². The molecule has 3 N–H and O–H groups in total. The number of rotatable bonds is 10. The lowest BCUT2D eigenvalue weighted by Gasteiger charge is -2.20. The molecule has 0 saturated carbocycles. The Balaban J connectivity index is 3.60. The van der Waals surface area contributed by atoms with Crippen molar-refractivity contribution in [2.24, 2.45) is 11.8 Å². The number of hydrogen-bond acceptors (Lipinski definition) is 5. The molecule has 0 saturated heterocycles. The molecule has 5 nitrogen and oxygen atoms in total. The Kier molecular flexibility index (Phi) is 8.72. The molecule has 104 valence electrons. The van der Waals surface area contributed by atoms with Crippen LogP contribution in [0.5, 0.6) is 0 Å². The van der Waals surface area contributed by atoms with Crippen molar-refractivity contribution >= 4 is 0 Å². The van der Waals surface area contributed by atoms with Crippen LogP contribution in [0.15, 0.2) is 0 Å². The molecule has 0 unspecified atom stereocenters. The van der Waals surface area contributed by atoms with Crippen molar-refractivity contribution in [2.75, 3.05) is 0 Å². The van der Waals surface area contributed by atoms with Gasteiger partial charge in [-0.05, 0) is 18.3 Å². The third-order valence-corrected chi connectivity index (χ3v) is 2.95. The highest BCUT2D eigenvalue weighted by Crippen LogP contribution is 2.21. The SMILES string of the molecule is CC(C)CCC[C@@H](C)CCCC(O)(OO)OO. The average molecular weight is 250 g/mol. The predicted molar refractivity (Wildman–Crippen MR) is 64.1 cm³/mol. The Labute approximate surface area is 103 Å². The summed E-state index contributed by atoms with van der Waals surface area (Å²) in [5, 5.41) is 25.9. The molecule has 0 bridgehead atoms. The van der Waals surface area contributed by atoms with Gasteiger partial charge in [0.15, 0.2) is 0 Å². The van der Waals surface area contributed by atoms with Crippen LogP contribution in [0.4, 0.5) is 0 Å². The topological polar surface area (TPSA) is 79.2 Å². The van der Waals surface area contributed by atoms with Crippen LogP contribution >= 0.6 is 0 Å². The van der Waals surface area contributed by atoms with Crippen molar-refractivity contribution in [3.63, 3.8) is 0 Å². The van der Waals surface area contributed by atoms with Crippen molar-refractivity contribution in [1.29, 1.82) is 0 Å². The molecule has 0 fully saturated rings. The molecule has 1 atom stereocenters. The molecule has 0 aliphatic heterocycles. The fraction of sp³-hybridized carbons (Fsp3) is 1.00. The second-order valence-electron chi connectivity index (χ2n) is 5.22. The van der Waals surface area contributed by atoms with Crippen molar-refractivity contribution in [1.82, 2.24) is 0 Å². The highest BCUT2D eigenvalue weighted by Gasteiger charge is 2.29. The molecular weight excluding hydrogens is 224 g/mol. The van der Waals surface area contributed by atoms with E-state index in [0.29, 0.717) is 12.3 Å². The minimum atomic E-state index is -2.28. The standard InChI is InChI=1S/C12H26O5/c1-10(2)6-4-7-11(3)8-5-9-12(13,16-14)17-15/h10-11,13-15H,4-9H2,1-3H3/t11-/m1/s1. The van der Waals surface area contributed by atoms with Crippen LogP contribution in [0.2, 0.25) is 0 Å². The molecule has 0 heterocycles. The summed E-state index contributed by atoms with van der Waals surface area (Å²) in [6, 6.07) is 0. The zero-order valence-corrected chi connectivity index (χ0v) is 11.1. The van der Waals surface area contributed by atoms with Gasteiger partial charge in [-0.25, -0.2) is 10.5 Å². The summed E-state index contributed by atoms with van der Waals surface area (Å²) in [7, 11) is 0. The third kappa shape index (κ3) is 8.51. The Morgan fingerprint density at radius 2 is 1.47 bits per heavy atom. The Morgan fingerprint density at radius 1 is 0.941 bits per heavy atom. The van der Waals surface area contributed by atoms with E-state index in [2.05, 4.69) is 30.5 Å². The fourth-order valence-corrected chi connectivity index (χ4v) is 1.80. The van der Waals surface area contributed by atoms with Crippen LogP contribution in [-0.4, -0.2) is 21.6 Å². The molecule has 0 amide bonds. The second-order valence-corrected chi connectivity index (χ2v) is 5.22. The van der Waals surface area contributed by atoms with Crippen molar-refractivity contribution in [2.45, 2.75) is 65.3 Å². The lowest BCUT2D eigenvalue weighted by Crippen LogP contribution is -2.33. The number of aliphatic hydroxyl groups is 1. The van der Waals surface area contributed by atoms with E-state index >= 15 is 0 Å². The highest BCUT2D eigenvalue weighted by atomic mass is 17.3. The van der Waals surface area contributed by atoms with Crippen LogP contribution in [0.1, 0.15) is 59.3 Å². The molecule has 0 aliphatic rings. The van der Waals surface area contributed by atoms with Gasteiger partial charge in [0.05, 0.1) is 0 Å². The normalized spacial score (nSPS) is 14.3. The number of hydrogen-bond donors (Lipinski definition) is 3. The van der Waals surface area contributed by atoms with Crippen molar-refractivity contribution in [3.8, 4) is 0 Å². The maximum atomic E-state index is 9.25. The van der Waals surface area contributed by atoms with E-state index in [1.807, 2.05) is 0 Å². The van der Waals surface area contributed by atoms with E-state index in [0.717, 1.165) is 18.8 Å². The van der Waals surface area contributed by atoms with E-state index in [-0.39, 0.29) is 6.42 Å². The van der Waals surface area contributed by atoms with Gasteiger partial charge in [0.25, 0.3) is 0 Å². The summed E-state index contributed by atoms with van der Waals surface area (Å²) >= 11 is 0. The smallest absolute Gasteiger partial charge is 0.336 e. The minimum Gasteiger partial charge on any atom is -0.340 e. The first-order valence-electron chi connectivity index (χ1n) is 6.31. The van der Waals surface area contributed by atoms with E-state index in [1.165, 1.54) is 12.8 Å². The first-order chi connectivity index (χ1) is 7.93. The maximum Gasteiger partial charge on any atom is 0.336 e. The lowest BCUT2D eigenvalue weighted by molar-refractivity contribution is -0.554. The first-order valence-corrected chi connectivity index (χ1v) is 6.31. The van der Waals surface area contributed by atoms with E-state index in [1.54, 1.807) is 0 Å². The molecule has 0 aromatic rings. The van der Waals surface area contributed by atoms with Gasteiger partial charge in [-0.15, -0.1) is 0 Å². The maximum absolute atomic E-state index is 9.25. The van der Waals surface area contributed by atoms with E-state index in [4.69, 9.17) is 10.5 Å². The third-order valence-electron chi connectivity index (χ3n) is 2.95. The quantitative estimate of drug-likeness (QED) is 0.315. The van der Waals surface area contributed by atoms with Gasteiger partial charge in [0.2, 0.25) is 0 Å². The summed E-state index contributed by atoms with van der Waals surface area (Å²) in [5.41, 5.74) is 0. The van der Waals surface area contributed by atoms with Crippen LogP contribution in [-0.2, 0) is 9.78 Å². The average Bonchev–Trinajstić information content (AvgIpc) is 2.28. The van der Waals surface area contributed by atoms with Crippen LogP contribution in [0.25, 0.3) is 0 Å². The summed E-state index contributed by atoms with van der Waals surface area (Å²) in [6.45, 7) is 6.57. The van der Waals surface area contributed by atoms with Gasteiger partial charge in [-0.3, -0.25) is 0 Å². The molecule has 0 aromatic carbocycles. The highest BCUT2D eigenvalue weighted by molar-refractivity contribution is 4.58. The molecule has 0 radical (unpaired) electrons. The molecule has 0 spiro atoms. The second kappa shape index (κ2) is 8.83. The van der Waals surface area contributed by atoms with Gasteiger partial charge in [0, 0.05) is 6.42 Å². The minimum absolute atomic E-state index is 0.0362. The fourth-order valence-electron chi connectivity index (χ4n) is 1.80. The first kappa shape index (κ1) is 16.8. The Bertz CT molecular complexity index is 180. The van der Waals surface area contributed by atoms with Gasteiger partial charge < -0.3 is 5.11 Å². The Morgan fingerprint density at radius 3 is 1.94 bits per heavy atom. The zero-order valence-electron chi connectivity index (χ0n) is 11.1. The molecule has 0 aliphatic carbocycles. The molecular formula is C12H26O5. The van der Waals surface area contributed by atoms with Gasteiger partial charge >= 0.3 is 5.97 Å². The molecule has 5 heteroatoms. The van der Waals surface area contributed by atoms with E-state index in [9.17, 15) is 5.11 Å². The lowest BCUT2D eigenvalue weighted by atomic mass is 9.95. The van der Waals surface area contributed by atoms with Gasteiger partial charge in [0.1, 0.15) is 0 Å². The van der Waals surface area contributed by atoms with Crippen molar-refractivity contribution < 1.29 is 25.4 Å². The summed E-state index contributed by atoms with van der Waals surface area (Å²) in [5.74, 6) is -0.995. The van der Waals surface area contributed by atoms with Crippen LogP contribution in [0.3, 0.4) is 0 Å². The van der Waals surface area contributed by atoms with Crippen molar-refractivity contribution in [3.05, 3.63) is 0 Å². The van der Waals surface area contributed by atoms with Crippen LogP contribution in [0, 0.1) is 11.8 Å². The van der Waals surface area contributed by atoms with Crippen LogP contribution < -0.4 is 0 Å². The molecule has 0 rings (SSSR count). The largest absolute Gasteiger partial charge is 0.340 e. The zero-order chi connectivity index (χ0) is 13.3. The Hall–Kier alpha value is -0.200. The monoisotopic (exact) mass is 250 g/mol. The summed E-state index contributed by atoms with van der Waals surface area (Å²) in [4.78, 5) is 7.33. The van der Waals surface area contributed by atoms with E-state index < -0.39 is 5.97 Å². The summed E-state index contributed by atoms with van der Waals surface area (Å²) in [6.07, 6.45) is 5.13.